The first-order valence-corrected chi connectivity index (χ1v) is 6.60. The van der Waals surface area contributed by atoms with Gasteiger partial charge < -0.3 is 15.0 Å². The maximum Gasteiger partial charge on any atom is 0.256 e. The average molecular weight is 281 g/mol. The van der Waals surface area contributed by atoms with Crippen LogP contribution in [0.3, 0.4) is 0 Å². The molecule has 1 amide bonds. The molecule has 0 aliphatic carbocycles. The zero-order chi connectivity index (χ0) is 14.8. The van der Waals surface area contributed by atoms with Crippen molar-refractivity contribution in [3.8, 4) is 0 Å². The van der Waals surface area contributed by atoms with E-state index in [-0.39, 0.29) is 12.5 Å². The average Bonchev–Trinajstić information content (AvgIpc) is 2.89. The zero-order valence-electron chi connectivity index (χ0n) is 11.6. The highest BCUT2D eigenvalue weighted by Gasteiger charge is 2.13. The Hall–Kier alpha value is -2.66. The third-order valence-electron chi connectivity index (χ3n) is 3.50. The number of hydrogen-bond acceptors (Lipinski definition) is 3. The fourth-order valence-electron chi connectivity index (χ4n) is 2.36. The number of benzene rings is 1. The second kappa shape index (κ2) is 5.38. The lowest BCUT2D eigenvalue weighted by molar-refractivity contribution is 0.102. The predicted molar refractivity (Wildman–Crippen MR) is 81.0 cm³/mol. The van der Waals surface area contributed by atoms with Gasteiger partial charge in [-0.25, -0.2) is 0 Å². The Kier molecular flexibility index (Phi) is 3.41. The number of carbonyl (C=O) groups excluding carboxylic acids is 1. The van der Waals surface area contributed by atoms with Crippen LogP contribution in [-0.2, 0) is 13.7 Å². The third kappa shape index (κ3) is 2.39. The second-order valence-electron chi connectivity index (χ2n) is 4.81. The summed E-state index contributed by atoms with van der Waals surface area (Å²) < 4.78 is 1.97. The Bertz CT molecular complexity index is 808. The number of aromatic nitrogens is 2. The number of pyridine rings is 1. The number of aryl methyl sites for hydroxylation is 1. The van der Waals surface area contributed by atoms with E-state index in [9.17, 15) is 9.90 Å². The van der Waals surface area contributed by atoms with Gasteiger partial charge in [-0.1, -0.05) is 6.07 Å². The number of anilines is 1. The van der Waals surface area contributed by atoms with Gasteiger partial charge in [0.25, 0.3) is 5.91 Å². The zero-order valence-corrected chi connectivity index (χ0v) is 11.6. The number of fused-ring (bicyclic) bond motifs is 1. The van der Waals surface area contributed by atoms with Gasteiger partial charge in [0.2, 0.25) is 0 Å². The van der Waals surface area contributed by atoms with E-state index in [0.717, 1.165) is 10.9 Å². The highest BCUT2D eigenvalue weighted by molar-refractivity contribution is 6.12. The third-order valence-corrected chi connectivity index (χ3v) is 3.50. The first-order valence-electron chi connectivity index (χ1n) is 6.60. The molecule has 21 heavy (non-hydrogen) atoms. The summed E-state index contributed by atoms with van der Waals surface area (Å²) in [5.74, 6) is -0.213. The van der Waals surface area contributed by atoms with Gasteiger partial charge in [0, 0.05) is 41.5 Å². The van der Waals surface area contributed by atoms with Gasteiger partial charge >= 0.3 is 0 Å². The summed E-state index contributed by atoms with van der Waals surface area (Å²) in [6.45, 7) is -0.145. The summed E-state index contributed by atoms with van der Waals surface area (Å²) in [5.41, 5.74) is 2.76. The number of aliphatic hydroxyl groups excluding tert-OH is 1. The molecule has 5 heteroatoms. The van der Waals surface area contributed by atoms with E-state index < -0.39 is 0 Å². The van der Waals surface area contributed by atoms with Crippen LogP contribution in [-0.4, -0.2) is 20.6 Å². The van der Waals surface area contributed by atoms with E-state index in [1.54, 1.807) is 18.3 Å². The highest BCUT2D eigenvalue weighted by Crippen LogP contribution is 2.21. The maximum absolute atomic E-state index is 12.5. The van der Waals surface area contributed by atoms with Gasteiger partial charge in [-0.05, 0) is 24.3 Å². The summed E-state index contributed by atoms with van der Waals surface area (Å²) in [6.07, 6.45) is 5.04. The lowest BCUT2D eigenvalue weighted by Crippen LogP contribution is -2.14. The summed E-state index contributed by atoms with van der Waals surface area (Å²) in [4.78, 5) is 16.5. The predicted octanol–water partition coefficient (Wildman–Crippen LogP) is 2.32. The molecule has 0 atom stereocenters. The first-order chi connectivity index (χ1) is 10.2. The van der Waals surface area contributed by atoms with E-state index in [2.05, 4.69) is 10.3 Å². The van der Waals surface area contributed by atoms with Crippen molar-refractivity contribution in [3.63, 3.8) is 0 Å². The monoisotopic (exact) mass is 281 g/mol. The molecule has 3 aromatic rings. The van der Waals surface area contributed by atoms with Crippen molar-refractivity contribution in [3.05, 3.63) is 60.0 Å². The first kappa shape index (κ1) is 13.3. The maximum atomic E-state index is 12.5. The van der Waals surface area contributed by atoms with Gasteiger partial charge in [0.05, 0.1) is 18.5 Å². The van der Waals surface area contributed by atoms with Gasteiger partial charge in [0.15, 0.2) is 0 Å². The van der Waals surface area contributed by atoms with Gasteiger partial charge in [0.1, 0.15) is 0 Å². The number of rotatable bonds is 3. The quantitative estimate of drug-likeness (QED) is 0.774. The van der Waals surface area contributed by atoms with E-state index in [1.807, 2.05) is 36.0 Å². The number of aliphatic hydroxyl groups is 1. The smallest absolute Gasteiger partial charge is 0.256 e. The minimum atomic E-state index is -0.213. The van der Waals surface area contributed by atoms with E-state index in [0.29, 0.717) is 16.8 Å². The molecule has 0 bridgehead atoms. The molecular weight excluding hydrogens is 266 g/mol. The molecule has 0 unspecified atom stereocenters. The van der Waals surface area contributed by atoms with Crippen molar-refractivity contribution in [2.75, 3.05) is 5.32 Å². The number of carbonyl (C=O) groups is 1. The van der Waals surface area contributed by atoms with Gasteiger partial charge in [-0.3, -0.25) is 9.78 Å². The second-order valence-corrected chi connectivity index (χ2v) is 4.81. The van der Waals surface area contributed by atoms with Crippen molar-refractivity contribution >= 4 is 22.5 Å². The van der Waals surface area contributed by atoms with Crippen LogP contribution in [0.1, 0.15) is 15.9 Å². The summed E-state index contributed by atoms with van der Waals surface area (Å²) in [7, 11) is 1.94. The van der Waals surface area contributed by atoms with Crippen LogP contribution in [0, 0.1) is 0 Å². The molecule has 2 heterocycles. The number of nitrogens with one attached hydrogen (secondary N) is 1. The lowest BCUT2D eigenvalue weighted by atomic mass is 10.1. The highest BCUT2D eigenvalue weighted by atomic mass is 16.3. The van der Waals surface area contributed by atoms with Crippen LogP contribution < -0.4 is 5.32 Å². The molecular formula is C16H15N3O2. The molecule has 0 spiro atoms. The SMILES string of the molecule is Cn1ccc2c(C(=O)Nc3cnccc3CO)cccc21. The van der Waals surface area contributed by atoms with Crippen LogP contribution in [0.15, 0.2) is 48.9 Å². The molecule has 0 fully saturated rings. The number of hydrogen-bond donors (Lipinski definition) is 2. The Morgan fingerprint density at radius 3 is 3.00 bits per heavy atom. The van der Waals surface area contributed by atoms with Crippen LogP contribution in [0.5, 0.6) is 0 Å². The van der Waals surface area contributed by atoms with Crippen LogP contribution in [0.25, 0.3) is 10.9 Å². The Morgan fingerprint density at radius 2 is 2.19 bits per heavy atom. The minimum absolute atomic E-state index is 0.145. The normalized spacial score (nSPS) is 10.8. The van der Waals surface area contributed by atoms with Gasteiger partial charge in [-0.15, -0.1) is 0 Å². The molecule has 2 N–H and O–H groups in total. The standard InChI is InChI=1S/C16H15N3O2/c1-19-8-6-12-13(3-2-4-15(12)19)16(21)18-14-9-17-7-5-11(14)10-20/h2-9,20H,10H2,1H3,(H,18,21). The topological polar surface area (TPSA) is 67.2 Å². The van der Waals surface area contributed by atoms with E-state index >= 15 is 0 Å². The largest absolute Gasteiger partial charge is 0.392 e. The summed E-state index contributed by atoms with van der Waals surface area (Å²) in [5, 5.41) is 13.0. The molecule has 0 saturated carbocycles. The minimum Gasteiger partial charge on any atom is -0.392 e. The molecule has 0 aliphatic rings. The van der Waals surface area contributed by atoms with Crippen molar-refractivity contribution in [2.24, 2.45) is 7.05 Å². The number of amides is 1. The fourth-order valence-corrected chi connectivity index (χ4v) is 2.36. The van der Waals surface area contributed by atoms with Crippen molar-refractivity contribution in [1.82, 2.24) is 9.55 Å². The summed E-state index contributed by atoms with van der Waals surface area (Å²) >= 11 is 0. The lowest BCUT2D eigenvalue weighted by Gasteiger charge is -2.09. The summed E-state index contributed by atoms with van der Waals surface area (Å²) in [6, 6.07) is 9.20. The molecule has 3 rings (SSSR count). The Balaban J connectivity index is 1.98. The molecule has 1 aromatic carbocycles. The van der Waals surface area contributed by atoms with E-state index in [4.69, 9.17) is 0 Å². The fraction of sp³-hybridized carbons (Fsp3) is 0.125. The molecule has 0 aliphatic heterocycles. The van der Waals surface area contributed by atoms with Crippen LogP contribution >= 0.6 is 0 Å². The van der Waals surface area contributed by atoms with Gasteiger partial charge in [-0.2, -0.15) is 0 Å². The molecule has 106 valence electrons. The van der Waals surface area contributed by atoms with Crippen molar-refractivity contribution in [1.29, 1.82) is 0 Å². The Labute approximate surface area is 121 Å². The molecule has 5 nitrogen and oxygen atoms in total. The molecule has 0 saturated heterocycles. The van der Waals surface area contributed by atoms with Crippen LogP contribution in [0.2, 0.25) is 0 Å². The van der Waals surface area contributed by atoms with Crippen LogP contribution in [0.4, 0.5) is 5.69 Å². The van der Waals surface area contributed by atoms with Crippen molar-refractivity contribution in [2.45, 2.75) is 6.61 Å². The number of nitrogens with zero attached hydrogens (tertiary/aromatic N) is 2. The van der Waals surface area contributed by atoms with Crippen molar-refractivity contribution < 1.29 is 9.90 Å². The Morgan fingerprint density at radius 1 is 1.33 bits per heavy atom. The van der Waals surface area contributed by atoms with E-state index in [1.165, 1.54) is 6.20 Å². The molecule has 0 radical (unpaired) electrons. The molecule has 2 aromatic heterocycles.